The molecule has 0 saturated carbocycles. The minimum Gasteiger partial charge on any atom is -0.497 e. The zero-order valence-corrected chi connectivity index (χ0v) is 21.4. The lowest BCUT2D eigenvalue weighted by molar-refractivity contribution is -0.179. The van der Waals surface area contributed by atoms with E-state index in [4.69, 9.17) is 9.47 Å². The van der Waals surface area contributed by atoms with Crippen LogP contribution in [-0.4, -0.2) is 45.6 Å². The third-order valence-electron chi connectivity index (χ3n) is 6.77. The van der Waals surface area contributed by atoms with E-state index in [2.05, 4.69) is 15.7 Å². The molecule has 0 bridgehead atoms. The van der Waals surface area contributed by atoms with Crippen molar-refractivity contribution in [2.24, 2.45) is 0 Å². The van der Waals surface area contributed by atoms with E-state index >= 15 is 0 Å². The number of carboxylic acid groups (broad SMARTS) is 1. The number of benzene rings is 3. The predicted molar refractivity (Wildman–Crippen MR) is 144 cm³/mol. The monoisotopic (exact) mass is 528 g/mol. The van der Waals surface area contributed by atoms with Gasteiger partial charge < -0.3 is 30.3 Å². The van der Waals surface area contributed by atoms with E-state index in [0.29, 0.717) is 34.9 Å². The average Bonchev–Trinajstić information content (AvgIpc) is 3.39. The SMILES string of the molecule is CCOc1ccc(NC(=O)c2cnn3c2N[C@H](c2ccc(OC)cc2)[C@@H](c2ccccc2)[C@]3(O)C(=O)O)cc1. The largest absolute Gasteiger partial charge is 0.497 e. The van der Waals surface area contributed by atoms with Crippen LogP contribution in [0.1, 0.15) is 40.4 Å². The van der Waals surface area contributed by atoms with Crippen LogP contribution >= 0.6 is 0 Å². The van der Waals surface area contributed by atoms with Crippen molar-refractivity contribution in [3.05, 3.63) is 102 Å². The molecule has 3 atom stereocenters. The predicted octanol–water partition coefficient (Wildman–Crippen LogP) is 4.22. The number of aromatic nitrogens is 2. The fourth-order valence-corrected chi connectivity index (χ4v) is 4.90. The first-order valence-electron chi connectivity index (χ1n) is 12.4. The Morgan fingerprint density at radius 2 is 1.67 bits per heavy atom. The fraction of sp³-hybridized carbons (Fsp3) is 0.207. The molecule has 0 fully saturated rings. The lowest BCUT2D eigenvalue weighted by atomic mass is 9.77. The Bertz CT molecular complexity index is 1470. The average molecular weight is 529 g/mol. The second kappa shape index (κ2) is 10.5. The van der Waals surface area contributed by atoms with Crippen LogP contribution in [0, 0.1) is 0 Å². The highest BCUT2D eigenvalue weighted by Gasteiger charge is 2.56. The fourth-order valence-electron chi connectivity index (χ4n) is 4.90. The summed E-state index contributed by atoms with van der Waals surface area (Å²) in [7, 11) is 1.55. The van der Waals surface area contributed by atoms with E-state index in [9.17, 15) is 19.8 Å². The summed E-state index contributed by atoms with van der Waals surface area (Å²) in [6.45, 7) is 2.40. The van der Waals surface area contributed by atoms with Crippen LogP contribution in [0.25, 0.3) is 0 Å². The van der Waals surface area contributed by atoms with E-state index in [1.54, 1.807) is 79.9 Å². The normalized spacial score (nSPS) is 19.9. The van der Waals surface area contributed by atoms with Gasteiger partial charge in [-0.3, -0.25) is 4.79 Å². The van der Waals surface area contributed by atoms with Crippen LogP contribution in [-0.2, 0) is 10.5 Å². The van der Waals surface area contributed by atoms with Crippen molar-refractivity contribution in [2.75, 3.05) is 24.4 Å². The molecule has 1 aliphatic rings. The number of carbonyl (C=O) groups excluding carboxylic acids is 1. The minimum atomic E-state index is -2.51. The highest BCUT2D eigenvalue weighted by atomic mass is 16.5. The first-order valence-corrected chi connectivity index (χ1v) is 12.4. The Hall–Kier alpha value is -4.83. The molecular formula is C29H28N4O6. The minimum absolute atomic E-state index is 0.0774. The van der Waals surface area contributed by atoms with Crippen molar-refractivity contribution in [2.45, 2.75) is 24.6 Å². The molecule has 1 aliphatic heterocycles. The van der Waals surface area contributed by atoms with Crippen molar-refractivity contribution in [1.29, 1.82) is 0 Å². The number of methoxy groups -OCH3 is 1. The maximum atomic E-state index is 13.3. The van der Waals surface area contributed by atoms with Gasteiger partial charge in [0, 0.05) is 5.69 Å². The standard InChI is InChI=1S/C29H28N4O6/c1-3-39-22-15-11-20(12-16-22)31-27(34)23-17-30-33-26(23)32-25(19-9-13-21(38-2)14-10-19)24(29(33,37)28(35)36)18-7-5-4-6-8-18/h4-17,24-25,32,37H,3H2,1-2H3,(H,31,34)(H,35,36)/t24-,25-,29+/m1/s1. The van der Waals surface area contributed by atoms with E-state index in [-0.39, 0.29) is 11.4 Å². The summed E-state index contributed by atoms with van der Waals surface area (Å²) in [5, 5.41) is 32.6. The van der Waals surface area contributed by atoms with Gasteiger partial charge in [0.25, 0.3) is 11.6 Å². The second-order valence-electron chi connectivity index (χ2n) is 9.04. The Morgan fingerprint density at radius 1 is 1.00 bits per heavy atom. The molecule has 1 amide bonds. The van der Waals surface area contributed by atoms with E-state index in [1.807, 2.05) is 13.0 Å². The van der Waals surface area contributed by atoms with E-state index in [1.165, 1.54) is 6.20 Å². The topological polar surface area (TPSA) is 135 Å². The molecule has 0 spiro atoms. The van der Waals surface area contributed by atoms with Gasteiger partial charge in [-0.05, 0) is 54.4 Å². The van der Waals surface area contributed by atoms with Crippen molar-refractivity contribution in [3.8, 4) is 11.5 Å². The number of carbonyl (C=O) groups is 2. The van der Waals surface area contributed by atoms with Crippen molar-refractivity contribution < 1.29 is 29.3 Å². The lowest BCUT2D eigenvalue weighted by Crippen LogP contribution is -2.54. The zero-order valence-electron chi connectivity index (χ0n) is 21.4. The summed E-state index contributed by atoms with van der Waals surface area (Å²) in [4.78, 5) is 26.1. The van der Waals surface area contributed by atoms with E-state index in [0.717, 1.165) is 4.68 Å². The maximum Gasteiger partial charge on any atom is 0.360 e. The Morgan fingerprint density at radius 3 is 2.28 bits per heavy atom. The third-order valence-corrected chi connectivity index (χ3v) is 6.77. The maximum absolute atomic E-state index is 13.3. The summed E-state index contributed by atoms with van der Waals surface area (Å²) < 4.78 is 11.7. The Labute approximate surface area is 224 Å². The number of nitrogens with one attached hydrogen (secondary N) is 2. The van der Waals surface area contributed by atoms with Crippen LogP contribution in [0.15, 0.2) is 85.1 Å². The Kier molecular flexibility index (Phi) is 6.95. The molecule has 200 valence electrons. The molecule has 4 aromatic rings. The summed E-state index contributed by atoms with van der Waals surface area (Å²) >= 11 is 0. The van der Waals surface area contributed by atoms with Gasteiger partial charge in [-0.2, -0.15) is 5.10 Å². The van der Waals surface area contributed by atoms with E-state index < -0.39 is 29.6 Å². The zero-order chi connectivity index (χ0) is 27.6. The van der Waals surface area contributed by atoms with Gasteiger partial charge in [-0.1, -0.05) is 42.5 Å². The van der Waals surface area contributed by atoms with Crippen LogP contribution in [0.5, 0.6) is 11.5 Å². The van der Waals surface area contributed by atoms with Gasteiger partial charge in [-0.15, -0.1) is 0 Å². The molecule has 5 rings (SSSR count). The van der Waals surface area contributed by atoms with Crippen molar-refractivity contribution in [1.82, 2.24) is 9.78 Å². The molecule has 10 heteroatoms. The summed E-state index contributed by atoms with van der Waals surface area (Å²) in [6, 6.07) is 22.1. The smallest absolute Gasteiger partial charge is 0.360 e. The van der Waals surface area contributed by atoms with Crippen LogP contribution in [0.4, 0.5) is 11.5 Å². The molecule has 2 heterocycles. The first-order chi connectivity index (χ1) is 18.9. The number of nitrogens with zero attached hydrogens (tertiary/aromatic N) is 2. The number of carboxylic acids is 1. The van der Waals surface area contributed by atoms with Gasteiger partial charge in [-0.25, -0.2) is 9.48 Å². The van der Waals surface area contributed by atoms with Crippen molar-refractivity contribution >= 4 is 23.4 Å². The number of aliphatic hydroxyl groups is 1. The van der Waals surface area contributed by atoms with Crippen molar-refractivity contribution in [3.63, 3.8) is 0 Å². The third kappa shape index (κ3) is 4.66. The van der Waals surface area contributed by atoms with Gasteiger partial charge in [0.2, 0.25) is 0 Å². The van der Waals surface area contributed by atoms with Crippen LogP contribution in [0.3, 0.4) is 0 Å². The Balaban J connectivity index is 1.59. The second-order valence-corrected chi connectivity index (χ2v) is 9.04. The highest BCUT2D eigenvalue weighted by molar-refractivity contribution is 6.07. The molecular weight excluding hydrogens is 500 g/mol. The molecule has 0 aliphatic carbocycles. The number of aliphatic carboxylic acids is 1. The molecule has 0 unspecified atom stereocenters. The number of fused-ring (bicyclic) bond motifs is 1. The van der Waals surface area contributed by atoms with Gasteiger partial charge in [0.15, 0.2) is 0 Å². The lowest BCUT2D eigenvalue weighted by Gasteiger charge is -2.43. The molecule has 3 aromatic carbocycles. The summed E-state index contributed by atoms with van der Waals surface area (Å²) in [5.74, 6) is -1.65. The van der Waals surface area contributed by atoms with Gasteiger partial charge in [0.05, 0.1) is 31.9 Å². The first kappa shape index (κ1) is 25.8. The number of hydrogen-bond donors (Lipinski definition) is 4. The number of anilines is 2. The quantitative estimate of drug-likeness (QED) is 0.267. The molecule has 0 saturated heterocycles. The number of ether oxygens (including phenoxy) is 2. The van der Waals surface area contributed by atoms with Gasteiger partial charge >= 0.3 is 5.97 Å². The number of amides is 1. The molecule has 10 nitrogen and oxygen atoms in total. The summed E-state index contributed by atoms with van der Waals surface area (Å²) in [5.41, 5.74) is -0.647. The number of rotatable bonds is 8. The number of hydrogen-bond acceptors (Lipinski definition) is 7. The highest BCUT2D eigenvalue weighted by Crippen LogP contribution is 2.49. The molecule has 0 radical (unpaired) electrons. The van der Waals surface area contributed by atoms with Crippen LogP contribution < -0.4 is 20.1 Å². The summed E-state index contributed by atoms with van der Waals surface area (Å²) in [6.07, 6.45) is 1.25. The van der Waals surface area contributed by atoms with Gasteiger partial charge in [0.1, 0.15) is 22.9 Å². The molecule has 39 heavy (non-hydrogen) atoms. The van der Waals surface area contributed by atoms with Crippen LogP contribution in [0.2, 0.25) is 0 Å². The molecule has 4 N–H and O–H groups in total. The molecule has 1 aromatic heterocycles.